The third-order valence-corrected chi connectivity index (χ3v) is 4.72. The monoisotopic (exact) mass is 416 g/mol. The van der Waals surface area contributed by atoms with Crippen LogP contribution in [0, 0.1) is 41.5 Å². The molecular weight excluding hydrogens is 392 g/mol. The van der Waals surface area contributed by atoms with Crippen LogP contribution in [0.1, 0.15) is 34.0 Å². The number of nitrogen functional groups attached to an aromatic ring is 1. The van der Waals surface area contributed by atoms with Crippen molar-refractivity contribution in [2.45, 2.75) is 41.5 Å². The summed E-state index contributed by atoms with van der Waals surface area (Å²) in [4.78, 5) is 12.8. The maximum atomic E-state index is 6.33. The number of nitrogens with zero attached hydrogens (tertiary/aromatic N) is 9. The first-order valence-corrected chi connectivity index (χ1v) is 9.82. The lowest BCUT2D eigenvalue weighted by molar-refractivity contribution is 0.767. The fraction of sp³-hybridized carbons (Fsp3) is 0.286. The van der Waals surface area contributed by atoms with Crippen LogP contribution < -0.4 is 5.73 Å². The Kier molecular flexibility index (Phi) is 5.05. The molecule has 0 aliphatic heterocycles. The largest absolute Gasteiger partial charge is 0.382 e. The molecule has 0 aliphatic carbocycles. The molecule has 0 aliphatic rings. The first kappa shape index (κ1) is 20.3. The predicted molar refractivity (Wildman–Crippen MR) is 118 cm³/mol. The summed E-state index contributed by atoms with van der Waals surface area (Å²) >= 11 is 0. The SMILES string of the molecule is Cc1cc(C)cc(-n2ncc(C)c2N=Nc2c(C)nn(-c3nc(C)nc(C)n3)c2N)c1. The molecule has 0 amide bonds. The Morgan fingerprint density at radius 3 is 2.10 bits per heavy atom. The minimum atomic E-state index is 0.307. The molecule has 4 aromatic rings. The van der Waals surface area contributed by atoms with Gasteiger partial charge >= 0.3 is 0 Å². The summed E-state index contributed by atoms with van der Waals surface area (Å²) in [6.45, 7) is 11.4. The van der Waals surface area contributed by atoms with Gasteiger partial charge in [0.2, 0.25) is 0 Å². The van der Waals surface area contributed by atoms with Crippen LogP contribution in [-0.2, 0) is 0 Å². The highest BCUT2D eigenvalue weighted by molar-refractivity contribution is 5.63. The van der Waals surface area contributed by atoms with Crippen molar-refractivity contribution in [3.63, 3.8) is 0 Å². The van der Waals surface area contributed by atoms with Gasteiger partial charge in [0.15, 0.2) is 17.3 Å². The summed E-state index contributed by atoms with van der Waals surface area (Å²) in [5, 5.41) is 17.8. The van der Waals surface area contributed by atoms with Crippen LogP contribution in [-0.4, -0.2) is 34.5 Å². The molecule has 0 bridgehead atoms. The topological polar surface area (TPSA) is 125 Å². The molecule has 3 aromatic heterocycles. The molecule has 31 heavy (non-hydrogen) atoms. The van der Waals surface area contributed by atoms with Crippen LogP contribution in [0.3, 0.4) is 0 Å². The van der Waals surface area contributed by atoms with E-state index >= 15 is 0 Å². The van der Waals surface area contributed by atoms with E-state index in [1.807, 2.05) is 13.8 Å². The minimum absolute atomic E-state index is 0.307. The van der Waals surface area contributed by atoms with Gasteiger partial charge in [0.25, 0.3) is 5.95 Å². The molecule has 4 rings (SSSR count). The van der Waals surface area contributed by atoms with Crippen molar-refractivity contribution < 1.29 is 0 Å². The van der Waals surface area contributed by atoms with E-state index in [0.717, 1.165) is 22.4 Å². The number of hydrogen-bond donors (Lipinski definition) is 1. The summed E-state index contributed by atoms with van der Waals surface area (Å²) in [5.41, 5.74) is 11.5. The molecular formula is C21H24N10. The smallest absolute Gasteiger partial charge is 0.256 e. The number of benzene rings is 1. The Morgan fingerprint density at radius 1 is 0.806 bits per heavy atom. The molecule has 0 unspecified atom stereocenters. The van der Waals surface area contributed by atoms with Crippen LogP contribution in [0.2, 0.25) is 0 Å². The van der Waals surface area contributed by atoms with E-state index in [0.29, 0.717) is 40.6 Å². The number of rotatable bonds is 4. The van der Waals surface area contributed by atoms with E-state index in [1.165, 1.54) is 4.68 Å². The fourth-order valence-electron chi connectivity index (χ4n) is 3.41. The van der Waals surface area contributed by atoms with Gasteiger partial charge in [0.1, 0.15) is 11.6 Å². The molecule has 3 heterocycles. The van der Waals surface area contributed by atoms with Crippen LogP contribution in [0.15, 0.2) is 34.6 Å². The van der Waals surface area contributed by atoms with E-state index in [4.69, 9.17) is 5.73 Å². The summed E-state index contributed by atoms with van der Waals surface area (Å²) in [7, 11) is 0. The third kappa shape index (κ3) is 3.91. The molecule has 0 saturated heterocycles. The number of aromatic nitrogens is 7. The van der Waals surface area contributed by atoms with Crippen LogP contribution in [0.4, 0.5) is 17.3 Å². The molecule has 0 atom stereocenters. The van der Waals surface area contributed by atoms with Gasteiger partial charge in [0.05, 0.1) is 17.6 Å². The zero-order chi connectivity index (χ0) is 22.3. The van der Waals surface area contributed by atoms with Gasteiger partial charge in [-0.15, -0.1) is 10.2 Å². The molecule has 10 nitrogen and oxygen atoms in total. The van der Waals surface area contributed by atoms with Crippen LogP contribution in [0.25, 0.3) is 11.6 Å². The van der Waals surface area contributed by atoms with Crippen LogP contribution >= 0.6 is 0 Å². The zero-order valence-electron chi connectivity index (χ0n) is 18.4. The van der Waals surface area contributed by atoms with Crippen molar-refractivity contribution in [1.82, 2.24) is 34.5 Å². The molecule has 0 spiro atoms. The second-order valence-electron chi connectivity index (χ2n) is 7.57. The van der Waals surface area contributed by atoms with Gasteiger partial charge in [0, 0.05) is 5.56 Å². The van der Waals surface area contributed by atoms with E-state index in [-0.39, 0.29) is 0 Å². The minimum Gasteiger partial charge on any atom is -0.382 e. The number of nitrogens with two attached hydrogens (primary N) is 1. The van der Waals surface area contributed by atoms with E-state index in [1.54, 1.807) is 24.7 Å². The van der Waals surface area contributed by atoms with E-state index in [9.17, 15) is 0 Å². The van der Waals surface area contributed by atoms with Crippen molar-refractivity contribution in [2.24, 2.45) is 10.2 Å². The average Bonchev–Trinajstić information content (AvgIpc) is 3.18. The Hall–Kier alpha value is -3.95. The van der Waals surface area contributed by atoms with Gasteiger partial charge in [-0.2, -0.15) is 24.8 Å². The summed E-state index contributed by atoms with van der Waals surface area (Å²) in [5.74, 6) is 2.46. The maximum absolute atomic E-state index is 6.33. The Morgan fingerprint density at radius 2 is 1.45 bits per heavy atom. The highest BCUT2D eigenvalue weighted by Crippen LogP contribution is 2.31. The van der Waals surface area contributed by atoms with Gasteiger partial charge in [-0.25, -0.2) is 9.67 Å². The Bertz CT molecular complexity index is 1270. The second kappa shape index (κ2) is 7.71. The number of anilines is 1. The van der Waals surface area contributed by atoms with Crippen LogP contribution in [0.5, 0.6) is 0 Å². The Labute approximate surface area is 179 Å². The van der Waals surface area contributed by atoms with E-state index < -0.39 is 0 Å². The van der Waals surface area contributed by atoms with Crippen molar-refractivity contribution in [3.05, 3.63) is 58.4 Å². The van der Waals surface area contributed by atoms with Crippen molar-refractivity contribution in [3.8, 4) is 11.6 Å². The van der Waals surface area contributed by atoms with Gasteiger partial charge in [-0.1, -0.05) is 6.07 Å². The lowest BCUT2D eigenvalue weighted by Gasteiger charge is -2.07. The van der Waals surface area contributed by atoms with Gasteiger partial charge in [-0.3, -0.25) is 0 Å². The molecule has 0 saturated carbocycles. The molecule has 10 heteroatoms. The van der Waals surface area contributed by atoms with E-state index in [2.05, 4.69) is 67.4 Å². The fourth-order valence-corrected chi connectivity index (χ4v) is 3.41. The number of hydrogen-bond acceptors (Lipinski definition) is 8. The maximum Gasteiger partial charge on any atom is 0.256 e. The highest BCUT2D eigenvalue weighted by Gasteiger charge is 2.17. The molecule has 158 valence electrons. The predicted octanol–water partition coefficient (Wildman–Crippen LogP) is 4.09. The van der Waals surface area contributed by atoms with Crippen molar-refractivity contribution in [1.29, 1.82) is 0 Å². The van der Waals surface area contributed by atoms with Gasteiger partial charge < -0.3 is 5.73 Å². The zero-order valence-corrected chi connectivity index (χ0v) is 18.4. The average molecular weight is 416 g/mol. The summed E-state index contributed by atoms with van der Waals surface area (Å²) in [6, 6.07) is 6.23. The third-order valence-electron chi connectivity index (χ3n) is 4.72. The van der Waals surface area contributed by atoms with Gasteiger partial charge in [-0.05, 0) is 64.8 Å². The molecule has 2 N–H and O–H groups in total. The number of aryl methyl sites for hydroxylation is 6. The second-order valence-corrected chi connectivity index (χ2v) is 7.57. The molecule has 0 fully saturated rings. The normalized spacial score (nSPS) is 11.5. The Balaban J connectivity index is 1.75. The standard InChI is InChI=1S/C21H24N10/c1-11-7-12(2)9-17(8-11)30-20(13(3)10-23-30)28-27-18-14(4)29-31(19(18)22)21-25-15(5)24-16(6)26-21/h7-10H,22H2,1-6H3. The first-order chi connectivity index (χ1) is 14.7. The van der Waals surface area contributed by atoms with Crippen molar-refractivity contribution in [2.75, 3.05) is 5.73 Å². The number of azo groups is 1. The molecule has 0 radical (unpaired) electrons. The highest BCUT2D eigenvalue weighted by atomic mass is 15.4. The lowest BCUT2D eigenvalue weighted by atomic mass is 10.1. The summed E-state index contributed by atoms with van der Waals surface area (Å²) in [6.07, 6.45) is 1.77. The van der Waals surface area contributed by atoms with Crippen molar-refractivity contribution >= 4 is 17.3 Å². The summed E-state index contributed by atoms with van der Waals surface area (Å²) < 4.78 is 3.23. The molecule has 1 aromatic carbocycles. The first-order valence-electron chi connectivity index (χ1n) is 9.82. The quantitative estimate of drug-likeness (QED) is 0.499. The lowest BCUT2D eigenvalue weighted by Crippen LogP contribution is -2.09.